The molecule has 3 aliphatic rings. The number of amides is 1. The summed E-state index contributed by atoms with van der Waals surface area (Å²) in [5, 5.41) is 28.5. The molecule has 0 radical (unpaired) electrons. The molecule has 2 aromatic rings. The van der Waals surface area contributed by atoms with E-state index >= 15 is 0 Å². The first-order valence-electron chi connectivity index (χ1n) is 20.5. The number of nitrogens with zero attached hydrogens (tertiary/aromatic N) is 4. The van der Waals surface area contributed by atoms with Crippen LogP contribution in [0.25, 0.3) is 11.0 Å². The van der Waals surface area contributed by atoms with Gasteiger partial charge in [-0.1, -0.05) is 38.9 Å². The van der Waals surface area contributed by atoms with E-state index in [0.717, 1.165) is 11.1 Å². The number of aliphatic hydroxyl groups excluding tert-OH is 1. The van der Waals surface area contributed by atoms with Crippen molar-refractivity contribution in [3.8, 4) is 0 Å². The van der Waals surface area contributed by atoms with Crippen molar-refractivity contribution in [3.63, 3.8) is 0 Å². The normalized spacial score (nSPS) is 38.2. The van der Waals surface area contributed by atoms with Crippen molar-refractivity contribution in [3.05, 3.63) is 23.8 Å². The maximum absolute atomic E-state index is 14.5. The summed E-state index contributed by atoms with van der Waals surface area (Å²) >= 11 is 0. The number of likely N-dealkylation sites (N-methyl/N-ethyl adjacent to an activating group) is 1. The Kier molecular flexibility index (Phi) is 14.8. The first-order chi connectivity index (χ1) is 27.7. The van der Waals surface area contributed by atoms with Crippen LogP contribution in [0.2, 0.25) is 0 Å². The number of hydrogen-bond acceptors (Lipinski definition) is 15. The van der Waals surface area contributed by atoms with Crippen LogP contribution in [-0.2, 0) is 49.5 Å². The van der Waals surface area contributed by atoms with Gasteiger partial charge in [-0.2, -0.15) is 0 Å². The molecule has 0 unspecified atom stereocenters. The highest BCUT2D eigenvalue weighted by atomic mass is 16.7. The number of Topliss-reactive ketones (excluding diaryl/α,β-unsaturated/α-hetero) is 1. The lowest BCUT2D eigenvalue weighted by Crippen LogP contribution is -2.60. The average molecular weight is 829 g/mol. The molecule has 59 heavy (non-hydrogen) atoms. The second kappa shape index (κ2) is 18.8. The predicted octanol–water partition coefficient (Wildman–Crippen LogP) is 3.58. The molecule has 0 saturated carbocycles. The van der Waals surface area contributed by atoms with Gasteiger partial charge >= 0.3 is 5.97 Å². The molecule has 4 heterocycles. The monoisotopic (exact) mass is 828 g/mol. The number of nitrogens with two attached hydrogens (primary N) is 1. The van der Waals surface area contributed by atoms with E-state index in [9.17, 15) is 24.6 Å². The Morgan fingerprint density at radius 1 is 1.12 bits per heavy atom. The number of hydrogen-bond donors (Lipinski definition) is 4. The van der Waals surface area contributed by atoms with Crippen LogP contribution in [0.4, 0.5) is 5.95 Å². The van der Waals surface area contributed by atoms with Crippen LogP contribution >= 0.6 is 0 Å². The van der Waals surface area contributed by atoms with E-state index < -0.39 is 83.2 Å². The van der Waals surface area contributed by atoms with Crippen molar-refractivity contribution < 1.29 is 53.1 Å². The fraction of sp³-hybridized carbons (Fsp3) is 0.714. The van der Waals surface area contributed by atoms with Crippen molar-refractivity contribution in [2.45, 2.75) is 142 Å². The summed E-state index contributed by atoms with van der Waals surface area (Å²) in [4.78, 5) is 60.7. The number of esters is 1. The van der Waals surface area contributed by atoms with Gasteiger partial charge in [-0.05, 0) is 84.7 Å². The molecule has 5 N–H and O–H groups in total. The Hall–Kier alpha value is -3.84. The van der Waals surface area contributed by atoms with Crippen LogP contribution < -0.4 is 5.73 Å². The van der Waals surface area contributed by atoms with Crippen molar-refractivity contribution in [2.24, 2.45) is 33.8 Å². The first-order valence-corrected chi connectivity index (χ1v) is 20.5. The number of rotatable bonds is 7. The smallest absolute Gasteiger partial charge is 0.316 e. The number of imidazole rings is 1. The minimum atomic E-state index is -1.86. The van der Waals surface area contributed by atoms with Gasteiger partial charge in [0.25, 0.3) is 0 Å². The molecule has 3 fully saturated rings. The van der Waals surface area contributed by atoms with Gasteiger partial charge in [-0.15, -0.1) is 0 Å². The van der Waals surface area contributed by atoms with Gasteiger partial charge < -0.3 is 54.4 Å². The van der Waals surface area contributed by atoms with Crippen LogP contribution in [0.5, 0.6) is 0 Å². The molecule has 3 aliphatic heterocycles. The number of carbonyl (C=O) groups is 3. The van der Waals surface area contributed by atoms with Crippen molar-refractivity contribution >= 4 is 46.1 Å². The van der Waals surface area contributed by atoms with E-state index in [2.05, 4.69) is 20.1 Å². The number of anilines is 1. The predicted molar refractivity (Wildman–Crippen MR) is 219 cm³/mol. The Bertz CT molecular complexity index is 1880. The van der Waals surface area contributed by atoms with Gasteiger partial charge in [0.2, 0.25) is 5.91 Å². The van der Waals surface area contributed by atoms with Crippen molar-refractivity contribution in [1.82, 2.24) is 14.9 Å². The Balaban J connectivity index is 1.66. The summed E-state index contributed by atoms with van der Waals surface area (Å²) in [7, 11) is 3.73. The molecule has 1 amide bonds. The molecular formula is C42H64N6O11. The molecule has 17 nitrogen and oxygen atoms in total. The Morgan fingerprint density at radius 2 is 1.83 bits per heavy atom. The summed E-state index contributed by atoms with van der Waals surface area (Å²) in [6.07, 6.45) is -5.15. The lowest BCUT2D eigenvalue weighted by Gasteiger charge is -2.47. The number of carbonyl (C=O) groups excluding carboxylic acids is 3. The highest BCUT2D eigenvalue weighted by molar-refractivity contribution is 6.00. The van der Waals surface area contributed by atoms with Gasteiger partial charge in [0, 0.05) is 30.5 Å². The number of aromatic nitrogens is 2. The lowest BCUT2D eigenvalue weighted by molar-refractivity contribution is -0.296. The largest absolute Gasteiger partial charge is 0.459 e. The fourth-order valence-corrected chi connectivity index (χ4v) is 8.97. The summed E-state index contributed by atoms with van der Waals surface area (Å²) < 4.78 is 32.4. The summed E-state index contributed by atoms with van der Waals surface area (Å²) in [5.74, 6) is -5.06. The molecule has 2 bridgehead atoms. The molecule has 1 aromatic heterocycles. The van der Waals surface area contributed by atoms with Gasteiger partial charge in [0.05, 0.1) is 48.2 Å². The third kappa shape index (κ3) is 10.4. The standard InChI is InChI=1S/C42H64N6O11/c1-12-32-42(9,53)37-23(4)33(44-26(7)49)21(2)17-41(8,55-20-28(19-54-37)47-56-18-27-13-14-29-30(16-27)46-40(43)45-29)36(24(5)34(50)25(6)38(52)58-32)59-39-35(51)31(48(10)11)15-22(3)57-39/h13-14,16,21-25,31-32,35-37,39,51,53H,12,15,17-20H2,1-11H3,(H3,43,45,46)/b44-33?,47-28+/t21-,22-,23+,24+,25-,31+,32-,35-,36-,37+,39+,41-,42-/m1/s1. The van der Waals surface area contributed by atoms with E-state index in [0.29, 0.717) is 23.6 Å². The maximum atomic E-state index is 14.5. The molecule has 5 rings (SSSR count). The van der Waals surface area contributed by atoms with E-state index in [-0.39, 0.29) is 50.5 Å². The van der Waals surface area contributed by atoms with Crippen LogP contribution in [0, 0.1) is 23.7 Å². The lowest BCUT2D eigenvalue weighted by atomic mass is 9.73. The minimum absolute atomic E-state index is 0.0603. The summed E-state index contributed by atoms with van der Waals surface area (Å²) in [5.41, 5.74) is 5.49. The highest BCUT2D eigenvalue weighted by Crippen LogP contribution is 2.40. The highest BCUT2D eigenvalue weighted by Gasteiger charge is 2.53. The fourth-order valence-electron chi connectivity index (χ4n) is 8.97. The van der Waals surface area contributed by atoms with Gasteiger partial charge in [0.1, 0.15) is 36.0 Å². The molecule has 13 atom stereocenters. The van der Waals surface area contributed by atoms with Gasteiger partial charge in [-0.3, -0.25) is 14.4 Å². The third-order valence-electron chi connectivity index (χ3n) is 12.1. The van der Waals surface area contributed by atoms with Crippen LogP contribution in [0.15, 0.2) is 28.3 Å². The van der Waals surface area contributed by atoms with Crippen molar-refractivity contribution in [2.75, 3.05) is 33.0 Å². The number of ether oxygens (including phenoxy) is 5. The number of benzene rings is 1. The second-order valence-corrected chi connectivity index (χ2v) is 17.3. The zero-order chi connectivity index (χ0) is 43.6. The topological polar surface area (TPSA) is 230 Å². The molecule has 328 valence electrons. The van der Waals surface area contributed by atoms with Gasteiger partial charge in [-0.25, -0.2) is 9.98 Å². The molecule has 0 aliphatic carbocycles. The number of cyclic esters (lactones) is 1. The molecule has 0 spiro atoms. The first kappa shape index (κ1) is 46.2. The number of fused-ring (bicyclic) bond motifs is 6. The number of nitrogen functional groups attached to an aromatic ring is 1. The molecule has 1 aromatic carbocycles. The van der Waals surface area contributed by atoms with Crippen LogP contribution in [-0.4, -0.2) is 136 Å². The minimum Gasteiger partial charge on any atom is -0.459 e. The van der Waals surface area contributed by atoms with Gasteiger partial charge in [0.15, 0.2) is 18.0 Å². The number of oxime groups is 1. The average Bonchev–Trinajstić information content (AvgIpc) is 3.54. The van der Waals surface area contributed by atoms with E-state index in [1.54, 1.807) is 27.7 Å². The Labute approximate surface area is 346 Å². The quantitative estimate of drug-likeness (QED) is 0.178. The number of H-pyrrole nitrogens is 1. The number of nitrogens with one attached hydrogen (secondary N) is 1. The Morgan fingerprint density at radius 3 is 2.49 bits per heavy atom. The van der Waals surface area contributed by atoms with Crippen molar-refractivity contribution in [1.29, 1.82) is 0 Å². The zero-order valence-corrected chi connectivity index (χ0v) is 36.3. The van der Waals surface area contributed by atoms with E-state index in [4.69, 9.17) is 34.3 Å². The molecule has 17 heteroatoms. The van der Waals surface area contributed by atoms with Crippen LogP contribution in [0.3, 0.4) is 0 Å². The molecular weight excluding hydrogens is 764 g/mol. The number of aliphatic imine (C=N–C) groups is 1. The number of aliphatic hydroxyl groups is 2. The summed E-state index contributed by atoms with van der Waals surface area (Å²) in [6.45, 7) is 14.8. The third-order valence-corrected chi connectivity index (χ3v) is 12.1. The molecule has 3 saturated heterocycles. The maximum Gasteiger partial charge on any atom is 0.316 e. The SMILES string of the molecule is CC[C@H]1OC(=O)[C@H](C)C(=O)[C@H](C)[C@@H](O[C@@H]2O[C@H](C)C[C@H](N(C)C)[C@H]2O)[C@@]2(C)C[C@@H](C)C(=NC(C)=O)[C@H](C)[C@H](OC/C(=N\OCc3ccc4nc(N)[nH]c4c3)CO2)[C@]1(C)O. The number of aromatic amines is 1. The van der Waals surface area contributed by atoms with E-state index in [1.165, 1.54) is 20.8 Å². The number of ketones is 1. The zero-order valence-electron chi connectivity index (χ0n) is 36.3. The van der Waals surface area contributed by atoms with Crippen LogP contribution in [0.1, 0.15) is 87.1 Å². The summed E-state index contributed by atoms with van der Waals surface area (Å²) in [6, 6.07) is 5.18. The second-order valence-electron chi connectivity index (χ2n) is 17.3. The van der Waals surface area contributed by atoms with E-state index in [1.807, 2.05) is 51.0 Å².